The molecule has 0 aliphatic carbocycles. The SMILES string of the molecule is COC(=O)c1ccc(C2(C)c3cccc(OC)c3ON2c2cccc(OC)c2)cc1. The predicted octanol–water partition coefficient (Wildman–Crippen LogP) is 4.57. The summed E-state index contributed by atoms with van der Waals surface area (Å²) in [6.45, 7) is 2.07. The quantitative estimate of drug-likeness (QED) is 0.580. The van der Waals surface area contributed by atoms with Gasteiger partial charge in [0.2, 0.25) is 5.75 Å². The zero-order valence-electron chi connectivity index (χ0n) is 17.3. The van der Waals surface area contributed by atoms with E-state index >= 15 is 0 Å². The Labute approximate surface area is 175 Å². The highest BCUT2D eigenvalue weighted by atomic mass is 16.7. The number of para-hydroxylation sites is 1. The third-order valence-electron chi connectivity index (χ3n) is 5.47. The van der Waals surface area contributed by atoms with E-state index in [-0.39, 0.29) is 5.97 Å². The molecule has 1 aliphatic heterocycles. The minimum Gasteiger partial charge on any atom is -0.497 e. The number of hydroxylamine groups is 1. The summed E-state index contributed by atoms with van der Waals surface area (Å²) in [4.78, 5) is 18.2. The number of anilines is 1. The van der Waals surface area contributed by atoms with Crippen LogP contribution < -0.4 is 19.4 Å². The lowest BCUT2D eigenvalue weighted by atomic mass is 9.83. The van der Waals surface area contributed by atoms with Gasteiger partial charge >= 0.3 is 5.97 Å². The normalized spacial score (nSPS) is 17.1. The molecule has 1 atom stereocenters. The highest BCUT2D eigenvalue weighted by Gasteiger charge is 2.47. The van der Waals surface area contributed by atoms with Crippen LogP contribution in [-0.4, -0.2) is 27.3 Å². The van der Waals surface area contributed by atoms with E-state index in [1.807, 2.05) is 59.7 Å². The average molecular weight is 405 g/mol. The van der Waals surface area contributed by atoms with Gasteiger partial charge in [-0.2, -0.15) is 5.06 Å². The van der Waals surface area contributed by atoms with Crippen molar-refractivity contribution < 1.29 is 23.8 Å². The molecule has 0 spiro atoms. The first kappa shape index (κ1) is 19.6. The number of fused-ring (bicyclic) bond motifs is 1. The molecule has 0 saturated carbocycles. The van der Waals surface area contributed by atoms with Crippen molar-refractivity contribution in [2.45, 2.75) is 12.5 Å². The molecule has 30 heavy (non-hydrogen) atoms. The van der Waals surface area contributed by atoms with Crippen molar-refractivity contribution in [3.05, 3.63) is 83.4 Å². The van der Waals surface area contributed by atoms with Crippen LogP contribution >= 0.6 is 0 Å². The largest absolute Gasteiger partial charge is 0.497 e. The minimum atomic E-state index is -0.676. The fraction of sp³-hybridized carbons (Fsp3) is 0.208. The fourth-order valence-corrected chi connectivity index (χ4v) is 3.82. The first-order chi connectivity index (χ1) is 14.5. The standard InChI is InChI=1S/C24H23NO5/c1-24(17-13-11-16(12-14-17)23(26)29-4)20-9-6-10-21(28-3)22(20)30-25(24)18-7-5-8-19(15-18)27-2/h5-15H,1-4H3. The summed E-state index contributed by atoms with van der Waals surface area (Å²) < 4.78 is 15.8. The lowest BCUT2D eigenvalue weighted by molar-refractivity contribution is 0.0600. The van der Waals surface area contributed by atoms with E-state index in [9.17, 15) is 4.79 Å². The van der Waals surface area contributed by atoms with Gasteiger partial charge in [-0.1, -0.05) is 30.3 Å². The molecule has 0 radical (unpaired) electrons. The van der Waals surface area contributed by atoms with Crippen molar-refractivity contribution >= 4 is 11.7 Å². The van der Waals surface area contributed by atoms with Crippen LogP contribution in [0.5, 0.6) is 17.2 Å². The van der Waals surface area contributed by atoms with Crippen molar-refractivity contribution in [2.75, 3.05) is 26.4 Å². The Morgan fingerprint density at radius 1 is 0.933 bits per heavy atom. The predicted molar refractivity (Wildman–Crippen MR) is 113 cm³/mol. The van der Waals surface area contributed by atoms with Crippen molar-refractivity contribution in [2.24, 2.45) is 0 Å². The van der Waals surface area contributed by atoms with Crippen LogP contribution in [0.3, 0.4) is 0 Å². The number of ether oxygens (including phenoxy) is 3. The molecular weight excluding hydrogens is 382 g/mol. The highest BCUT2D eigenvalue weighted by molar-refractivity contribution is 5.89. The summed E-state index contributed by atoms with van der Waals surface area (Å²) in [5.74, 6) is 1.65. The zero-order valence-corrected chi connectivity index (χ0v) is 17.3. The molecule has 154 valence electrons. The van der Waals surface area contributed by atoms with Crippen molar-refractivity contribution in [1.29, 1.82) is 0 Å². The Hall–Kier alpha value is -3.67. The maximum atomic E-state index is 11.9. The van der Waals surface area contributed by atoms with Gasteiger partial charge < -0.3 is 19.0 Å². The molecular formula is C24H23NO5. The van der Waals surface area contributed by atoms with Gasteiger partial charge in [0.25, 0.3) is 0 Å². The molecule has 0 saturated heterocycles. The van der Waals surface area contributed by atoms with Gasteiger partial charge in [-0.3, -0.25) is 0 Å². The van der Waals surface area contributed by atoms with Crippen LogP contribution in [0, 0.1) is 0 Å². The number of methoxy groups -OCH3 is 3. The Balaban J connectivity index is 1.89. The van der Waals surface area contributed by atoms with Crippen LogP contribution in [0.2, 0.25) is 0 Å². The van der Waals surface area contributed by atoms with E-state index in [1.54, 1.807) is 26.4 Å². The second kappa shape index (κ2) is 7.63. The molecule has 3 aromatic rings. The Morgan fingerprint density at radius 2 is 1.67 bits per heavy atom. The van der Waals surface area contributed by atoms with Gasteiger partial charge in [0.15, 0.2) is 5.75 Å². The average Bonchev–Trinajstić information content (AvgIpc) is 3.12. The third-order valence-corrected chi connectivity index (χ3v) is 5.47. The maximum Gasteiger partial charge on any atom is 0.337 e. The van der Waals surface area contributed by atoms with E-state index in [1.165, 1.54) is 7.11 Å². The number of nitrogens with zero attached hydrogens (tertiary/aromatic N) is 1. The lowest BCUT2D eigenvalue weighted by Crippen LogP contribution is -2.42. The monoisotopic (exact) mass is 405 g/mol. The Morgan fingerprint density at radius 3 is 2.33 bits per heavy atom. The molecule has 0 fully saturated rings. The first-order valence-corrected chi connectivity index (χ1v) is 9.51. The summed E-state index contributed by atoms with van der Waals surface area (Å²) in [7, 11) is 4.62. The maximum absolute atomic E-state index is 11.9. The van der Waals surface area contributed by atoms with E-state index in [0.29, 0.717) is 17.1 Å². The van der Waals surface area contributed by atoms with E-state index in [2.05, 4.69) is 6.92 Å². The topological polar surface area (TPSA) is 57.2 Å². The fourth-order valence-electron chi connectivity index (χ4n) is 3.82. The molecule has 1 aliphatic rings. The Kier molecular flexibility index (Phi) is 4.99. The van der Waals surface area contributed by atoms with Gasteiger partial charge in [-0.15, -0.1) is 0 Å². The molecule has 6 nitrogen and oxygen atoms in total. The van der Waals surface area contributed by atoms with Crippen LogP contribution in [0.1, 0.15) is 28.4 Å². The second-order valence-electron chi connectivity index (χ2n) is 7.07. The van der Waals surface area contributed by atoms with Crippen molar-refractivity contribution in [1.82, 2.24) is 0 Å². The first-order valence-electron chi connectivity index (χ1n) is 9.51. The van der Waals surface area contributed by atoms with Gasteiger partial charge in [0.1, 0.15) is 11.3 Å². The number of benzene rings is 3. The molecule has 0 bridgehead atoms. The van der Waals surface area contributed by atoms with Gasteiger partial charge in [-0.05, 0) is 42.8 Å². The number of hydrogen-bond donors (Lipinski definition) is 0. The van der Waals surface area contributed by atoms with E-state index in [4.69, 9.17) is 19.0 Å². The van der Waals surface area contributed by atoms with Crippen molar-refractivity contribution in [3.8, 4) is 17.2 Å². The van der Waals surface area contributed by atoms with Crippen LogP contribution in [0.15, 0.2) is 66.7 Å². The van der Waals surface area contributed by atoms with Crippen LogP contribution in [0.4, 0.5) is 5.69 Å². The molecule has 3 aromatic carbocycles. The number of carbonyl (C=O) groups is 1. The summed E-state index contributed by atoms with van der Waals surface area (Å²) in [6.07, 6.45) is 0. The molecule has 0 aromatic heterocycles. The zero-order chi connectivity index (χ0) is 21.3. The molecule has 1 unspecified atom stereocenters. The Bertz CT molecular complexity index is 1080. The van der Waals surface area contributed by atoms with Crippen LogP contribution in [0.25, 0.3) is 0 Å². The summed E-state index contributed by atoms with van der Waals surface area (Å²) in [5.41, 5.74) is 2.54. The highest BCUT2D eigenvalue weighted by Crippen LogP contribution is 2.52. The second-order valence-corrected chi connectivity index (χ2v) is 7.07. The molecule has 4 rings (SSSR count). The molecule has 6 heteroatoms. The number of hydrogen-bond acceptors (Lipinski definition) is 6. The van der Waals surface area contributed by atoms with E-state index < -0.39 is 5.54 Å². The van der Waals surface area contributed by atoms with Gasteiger partial charge in [-0.25, -0.2) is 4.79 Å². The summed E-state index contributed by atoms with van der Waals surface area (Å²) in [6, 6.07) is 20.9. The number of rotatable bonds is 5. The summed E-state index contributed by atoms with van der Waals surface area (Å²) in [5, 5.41) is 1.84. The number of carbonyl (C=O) groups excluding carboxylic acids is 1. The smallest absolute Gasteiger partial charge is 0.337 e. The molecule has 0 amide bonds. The minimum absolute atomic E-state index is 0.374. The van der Waals surface area contributed by atoms with Gasteiger partial charge in [0.05, 0.1) is 32.6 Å². The molecule has 0 N–H and O–H groups in total. The van der Waals surface area contributed by atoms with Gasteiger partial charge in [0, 0.05) is 11.6 Å². The summed E-state index contributed by atoms with van der Waals surface area (Å²) >= 11 is 0. The van der Waals surface area contributed by atoms with Crippen LogP contribution in [-0.2, 0) is 10.3 Å². The molecule has 1 heterocycles. The third kappa shape index (κ3) is 3.01. The number of esters is 1. The van der Waals surface area contributed by atoms with Crippen molar-refractivity contribution in [3.63, 3.8) is 0 Å². The lowest BCUT2D eigenvalue weighted by Gasteiger charge is -2.35. The van der Waals surface area contributed by atoms with E-state index in [0.717, 1.165) is 22.6 Å².